The summed E-state index contributed by atoms with van der Waals surface area (Å²) < 4.78 is 12.1. The summed E-state index contributed by atoms with van der Waals surface area (Å²) in [7, 11) is 3.14. The molecule has 0 radical (unpaired) electrons. The molecule has 0 atom stereocenters. The van der Waals surface area contributed by atoms with Gasteiger partial charge in [0.2, 0.25) is 0 Å². The van der Waals surface area contributed by atoms with E-state index in [0.717, 1.165) is 5.56 Å². The number of hydrogen-bond acceptors (Lipinski definition) is 6. The first-order valence-electron chi connectivity index (χ1n) is 7.76. The molecular weight excluding hydrogens is 336 g/mol. The fraction of sp³-hybridized carbons (Fsp3) is 0.176. The Hall–Kier alpha value is -3.62. The topological polar surface area (TPSA) is 103 Å². The van der Waals surface area contributed by atoms with Crippen LogP contribution in [0.3, 0.4) is 0 Å². The molecule has 0 unspecified atom stereocenters. The van der Waals surface area contributed by atoms with Crippen molar-refractivity contribution in [1.82, 2.24) is 25.1 Å². The number of rotatable bonds is 6. The number of ether oxygens (including phenoxy) is 2. The van der Waals surface area contributed by atoms with Crippen LogP contribution in [0.4, 0.5) is 10.5 Å². The van der Waals surface area contributed by atoms with Crippen molar-refractivity contribution < 1.29 is 14.3 Å². The lowest BCUT2D eigenvalue weighted by Gasteiger charge is -2.11. The number of aromatic nitrogens is 4. The van der Waals surface area contributed by atoms with Crippen molar-refractivity contribution in [2.75, 3.05) is 19.5 Å². The third kappa shape index (κ3) is 4.07. The quantitative estimate of drug-likeness (QED) is 0.702. The van der Waals surface area contributed by atoms with Gasteiger partial charge in [-0.2, -0.15) is 0 Å². The highest BCUT2D eigenvalue weighted by atomic mass is 16.5. The third-order valence-electron chi connectivity index (χ3n) is 3.59. The molecule has 0 saturated heterocycles. The molecule has 0 aliphatic carbocycles. The van der Waals surface area contributed by atoms with Gasteiger partial charge in [0.1, 0.15) is 18.5 Å². The normalized spacial score (nSPS) is 10.2. The number of benzene rings is 1. The standard InChI is InChI=1S/C17H18N6O3/c1-25-14-5-3-12(7-15(14)26-2)8-19-17(24)22-13-4-6-16(18-9-13)23-10-20-21-11-23/h3-7,9-11H,8H2,1-2H3,(H2,19,22,24). The molecule has 2 aromatic heterocycles. The summed E-state index contributed by atoms with van der Waals surface area (Å²) >= 11 is 0. The van der Waals surface area contributed by atoms with E-state index in [-0.39, 0.29) is 6.03 Å². The van der Waals surface area contributed by atoms with Crippen molar-refractivity contribution in [3.05, 3.63) is 54.7 Å². The van der Waals surface area contributed by atoms with Gasteiger partial charge in [-0.25, -0.2) is 9.78 Å². The lowest BCUT2D eigenvalue weighted by atomic mass is 10.2. The number of nitrogens with zero attached hydrogens (tertiary/aromatic N) is 4. The number of amides is 2. The van der Waals surface area contributed by atoms with Gasteiger partial charge in [0.05, 0.1) is 26.1 Å². The molecule has 2 heterocycles. The second-order valence-corrected chi connectivity index (χ2v) is 5.27. The number of methoxy groups -OCH3 is 2. The highest BCUT2D eigenvalue weighted by Gasteiger charge is 2.07. The minimum absolute atomic E-state index is 0.335. The van der Waals surface area contributed by atoms with E-state index in [4.69, 9.17) is 9.47 Å². The average molecular weight is 354 g/mol. The predicted octanol–water partition coefficient (Wildman–Crippen LogP) is 2.00. The van der Waals surface area contributed by atoms with Crippen molar-refractivity contribution in [1.29, 1.82) is 0 Å². The second-order valence-electron chi connectivity index (χ2n) is 5.27. The maximum absolute atomic E-state index is 12.0. The molecule has 26 heavy (non-hydrogen) atoms. The van der Waals surface area contributed by atoms with E-state index in [1.54, 1.807) is 55.8 Å². The number of nitrogens with one attached hydrogen (secondary N) is 2. The van der Waals surface area contributed by atoms with E-state index in [2.05, 4.69) is 25.8 Å². The number of hydrogen-bond donors (Lipinski definition) is 2. The Kier molecular flexibility index (Phi) is 5.28. The summed E-state index contributed by atoms with van der Waals surface area (Å²) in [6, 6.07) is 8.64. The minimum Gasteiger partial charge on any atom is -0.493 e. The Morgan fingerprint density at radius 2 is 1.85 bits per heavy atom. The Morgan fingerprint density at radius 1 is 1.08 bits per heavy atom. The monoisotopic (exact) mass is 354 g/mol. The van der Waals surface area contributed by atoms with Crippen LogP contribution in [0.15, 0.2) is 49.2 Å². The smallest absolute Gasteiger partial charge is 0.319 e. The third-order valence-corrected chi connectivity index (χ3v) is 3.59. The molecule has 1 aromatic carbocycles. The minimum atomic E-state index is -0.335. The molecule has 3 rings (SSSR count). The Balaban J connectivity index is 1.56. The molecule has 0 aliphatic heterocycles. The van der Waals surface area contributed by atoms with E-state index in [1.165, 1.54) is 0 Å². The van der Waals surface area contributed by atoms with Crippen LogP contribution in [-0.2, 0) is 6.54 Å². The largest absolute Gasteiger partial charge is 0.493 e. The molecule has 0 aliphatic rings. The summed E-state index contributed by atoms with van der Waals surface area (Å²) in [6.45, 7) is 0.346. The van der Waals surface area contributed by atoms with Gasteiger partial charge in [-0.3, -0.25) is 4.57 Å². The number of carbonyl (C=O) groups excluding carboxylic acids is 1. The Labute approximate surface area is 150 Å². The number of carbonyl (C=O) groups is 1. The molecule has 0 saturated carbocycles. The van der Waals surface area contributed by atoms with Gasteiger partial charge in [-0.15, -0.1) is 10.2 Å². The lowest BCUT2D eigenvalue weighted by molar-refractivity contribution is 0.251. The average Bonchev–Trinajstić information content (AvgIpc) is 3.21. The predicted molar refractivity (Wildman–Crippen MR) is 94.6 cm³/mol. The molecule has 134 valence electrons. The molecular formula is C17H18N6O3. The number of anilines is 1. The summed E-state index contributed by atoms with van der Waals surface area (Å²) in [5.41, 5.74) is 1.46. The zero-order valence-corrected chi connectivity index (χ0v) is 14.3. The molecule has 0 fully saturated rings. The van der Waals surface area contributed by atoms with Gasteiger partial charge in [0.25, 0.3) is 0 Å². The molecule has 0 spiro atoms. The summed E-state index contributed by atoms with van der Waals surface area (Å²) in [4.78, 5) is 16.3. The van der Waals surface area contributed by atoms with E-state index in [0.29, 0.717) is 29.5 Å². The van der Waals surface area contributed by atoms with E-state index in [9.17, 15) is 4.79 Å². The van der Waals surface area contributed by atoms with Crippen molar-refractivity contribution in [2.24, 2.45) is 0 Å². The van der Waals surface area contributed by atoms with Gasteiger partial charge >= 0.3 is 6.03 Å². The zero-order valence-electron chi connectivity index (χ0n) is 14.3. The fourth-order valence-corrected chi connectivity index (χ4v) is 2.28. The van der Waals surface area contributed by atoms with Crippen LogP contribution in [0.5, 0.6) is 11.5 Å². The molecule has 3 aromatic rings. The van der Waals surface area contributed by atoms with E-state index in [1.807, 2.05) is 12.1 Å². The zero-order chi connectivity index (χ0) is 18.4. The van der Waals surface area contributed by atoms with Crippen LogP contribution in [0, 0.1) is 0 Å². The number of pyridine rings is 1. The maximum atomic E-state index is 12.0. The number of urea groups is 1. The van der Waals surface area contributed by atoms with E-state index < -0.39 is 0 Å². The summed E-state index contributed by atoms with van der Waals surface area (Å²) in [5.74, 6) is 1.91. The first-order valence-corrected chi connectivity index (χ1v) is 7.76. The summed E-state index contributed by atoms with van der Waals surface area (Å²) in [5, 5.41) is 13.0. The Bertz CT molecular complexity index is 865. The molecule has 2 N–H and O–H groups in total. The molecule has 0 bridgehead atoms. The summed E-state index contributed by atoms with van der Waals surface area (Å²) in [6.07, 6.45) is 4.65. The second kappa shape index (κ2) is 7.97. The highest BCUT2D eigenvalue weighted by molar-refractivity contribution is 5.89. The SMILES string of the molecule is COc1ccc(CNC(=O)Nc2ccc(-n3cnnc3)nc2)cc1OC. The molecule has 9 heteroatoms. The van der Waals surface area contributed by atoms with Crippen molar-refractivity contribution in [3.63, 3.8) is 0 Å². The van der Waals surface area contributed by atoms with Crippen LogP contribution < -0.4 is 20.1 Å². The van der Waals surface area contributed by atoms with E-state index >= 15 is 0 Å². The van der Waals surface area contributed by atoms with Gasteiger partial charge < -0.3 is 20.1 Å². The first-order chi connectivity index (χ1) is 12.7. The van der Waals surface area contributed by atoms with Crippen LogP contribution in [0.2, 0.25) is 0 Å². The first kappa shape index (κ1) is 17.2. The van der Waals surface area contributed by atoms with Crippen LogP contribution in [0.25, 0.3) is 5.82 Å². The van der Waals surface area contributed by atoms with Gasteiger partial charge in [-0.1, -0.05) is 6.07 Å². The highest BCUT2D eigenvalue weighted by Crippen LogP contribution is 2.27. The van der Waals surface area contributed by atoms with Crippen LogP contribution in [-0.4, -0.2) is 40.0 Å². The Morgan fingerprint density at radius 3 is 2.50 bits per heavy atom. The fourth-order valence-electron chi connectivity index (χ4n) is 2.28. The van der Waals surface area contributed by atoms with Crippen LogP contribution >= 0.6 is 0 Å². The lowest BCUT2D eigenvalue weighted by Crippen LogP contribution is -2.28. The van der Waals surface area contributed by atoms with Crippen molar-refractivity contribution in [3.8, 4) is 17.3 Å². The van der Waals surface area contributed by atoms with Gasteiger partial charge in [0, 0.05) is 6.54 Å². The van der Waals surface area contributed by atoms with Gasteiger partial charge in [-0.05, 0) is 29.8 Å². The molecule has 2 amide bonds. The van der Waals surface area contributed by atoms with Gasteiger partial charge in [0.15, 0.2) is 11.5 Å². The van der Waals surface area contributed by atoms with Crippen LogP contribution in [0.1, 0.15) is 5.56 Å². The van der Waals surface area contributed by atoms with Crippen molar-refractivity contribution in [2.45, 2.75) is 6.54 Å². The molecule has 9 nitrogen and oxygen atoms in total. The van der Waals surface area contributed by atoms with Crippen molar-refractivity contribution >= 4 is 11.7 Å². The maximum Gasteiger partial charge on any atom is 0.319 e.